The van der Waals surface area contributed by atoms with E-state index in [1.165, 1.54) is 17.2 Å². The fourth-order valence-corrected chi connectivity index (χ4v) is 3.22. The number of fused-ring (bicyclic) bond motifs is 1. The summed E-state index contributed by atoms with van der Waals surface area (Å²) >= 11 is 0. The first-order chi connectivity index (χ1) is 11.6. The molecule has 0 amide bonds. The molecule has 24 heavy (non-hydrogen) atoms. The van der Waals surface area contributed by atoms with Crippen molar-refractivity contribution in [3.63, 3.8) is 0 Å². The van der Waals surface area contributed by atoms with E-state index in [1.807, 2.05) is 18.2 Å². The van der Waals surface area contributed by atoms with Crippen molar-refractivity contribution in [2.24, 2.45) is 0 Å². The smallest absolute Gasteiger partial charge is 0.344 e. The van der Waals surface area contributed by atoms with E-state index in [1.54, 1.807) is 12.1 Å². The highest BCUT2D eigenvalue weighted by atomic mass is 16.4. The van der Waals surface area contributed by atoms with Gasteiger partial charge in [-0.15, -0.1) is 0 Å². The molecule has 2 aromatic carbocycles. The summed E-state index contributed by atoms with van der Waals surface area (Å²) in [6.45, 7) is 4.33. The molecule has 3 nitrogen and oxygen atoms in total. The minimum atomic E-state index is -0.415. The Morgan fingerprint density at radius 2 is 1.79 bits per heavy atom. The van der Waals surface area contributed by atoms with Crippen LogP contribution in [-0.4, -0.2) is 5.11 Å². The van der Waals surface area contributed by atoms with E-state index in [4.69, 9.17) is 4.42 Å². The van der Waals surface area contributed by atoms with Crippen molar-refractivity contribution in [3.8, 4) is 17.1 Å². The summed E-state index contributed by atoms with van der Waals surface area (Å²) in [7, 11) is 0. The van der Waals surface area contributed by atoms with Gasteiger partial charge in [0, 0.05) is 5.56 Å². The molecule has 124 valence electrons. The van der Waals surface area contributed by atoms with Crippen molar-refractivity contribution >= 4 is 10.8 Å². The zero-order valence-corrected chi connectivity index (χ0v) is 14.1. The van der Waals surface area contributed by atoms with Gasteiger partial charge in [-0.1, -0.05) is 51.0 Å². The third-order valence-corrected chi connectivity index (χ3v) is 4.30. The zero-order chi connectivity index (χ0) is 17.1. The van der Waals surface area contributed by atoms with Crippen molar-refractivity contribution < 1.29 is 9.52 Å². The molecule has 0 radical (unpaired) electrons. The molecule has 0 aliphatic heterocycles. The maximum absolute atomic E-state index is 12.3. The Hall–Kier alpha value is -2.55. The lowest BCUT2D eigenvalue weighted by Crippen LogP contribution is -2.03. The molecule has 0 saturated carbocycles. The number of hydrogen-bond donors (Lipinski definition) is 1. The highest BCUT2D eigenvalue weighted by Crippen LogP contribution is 2.30. The zero-order valence-electron chi connectivity index (χ0n) is 14.1. The Morgan fingerprint density at radius 1 is 1.00 bits per heavy atom. The predicted molar refractivity (Wildman–Crippen MR) is 97.6 cm³/mol. The van der Waals surface area contributed by atoms with Gasteiger partial charge in [-0.25, -0.2) is 4.79 Å². The van der Waals surface area contributed by atoms with E-state index in [-0.39, 0.29) is 5.75 Å². The molecule has 0 saturated heterocycles. The summed E-state index contributed by atoms with van der Waals surface area (Å²) < 4.78 is 5.59. The highest BCUT2D eigenvalue weighted by Gasteiger charge is 2.13. The van der Waals surface area contributed by atoms with Gasteiger partial charge in [-0.2, -0.15) is 0 Å². The standard InChI is InChI=1S/C21H22O3/c1-3-6-14-8-5-9-18(17(14)7-4-2)20-12-15-10-11-16(22)13-19(15)21(23)24-20/h5,8-13,22H,3-4,6-7H2,1-2H3. The minimum absolute atomic E-state index is 0.0687. The van der Waals surface area contributed by atoms with Crippen molar-refractivity contribution in [2.75, 3.05) is 0 Å². The number of hydrogen-bond acceptors (Lipinski definition) is 3. The summed E-state index contributed by atoms with van der Waals surface area (Å²) in [4.78, 5) is 12.3. The lowest BCUT2D eigenvalue weighted by molar-refractivity contribution is 0.475. The van der Waals surface area contributed by atoms with Crippen LogP contribution in [0.3, 0.4) is 0 Å². The summed E-state index contributed by atoms with van der Waals surface area (Å²) in [6, 6.07) is 12.9. The third kappa shape index (κ3) is 3.07. The second-order valence-electron chi connectivity index (χ2n) is 6.11. The Bertz CT molecular complexity index is 922. The van der Waals surface area contributed by atoms with Crippen LogP contribution in [0.5, 0.6) is 5.75 Å². The van der Waals surface area contributed by atoms with Gasteiger partial charge in [-0.3, -0.25) is 0 Å². The van der Waals surface area contributed by atoms with E-state index in [2.05, 4.69) is 19.9 Å². The van der Waals surface area contributed by atoms with Crippen LogP contribution in [0.2, 0.25) is 0 Å². The number of phenolic OH excluding ortho intramolecular Hbond substituents is 1. The normalized spacial score (nSPS) is 11.1. The first-order valence-corrected chi connectivity index (χ1v) is 8.52. The van der Waals surface area contributed by atoms with Crippen LogP contribution in [0.15, 0.2) is 51.7 Å². The summed E-state index contributed by atoms with van der Waals surface area (Å²) in [5.74, 6) is 0.666. The van der Waals surface area contributed by atoms with E-state index in [9.17, 15) is 9.90 Å². The molecule has 3 heteroatoms. The maximum Gasteiger partial charge on any atom is 0.344 e. The number of aryl methyl sites for hydroxylation is 1. The van der Waals surface area contributed by atoms with E-state index in [0.717, 1.165) is 36.6 Å². The number of phenols is 1. The van der Waals surface area contributed by atoms with Gasteiger partial charge in [0.1, 0.15) is 11.5 Å². The predicted octanol–water partition coefficient (Wildman–Crippen LogP) is 5.07. The fraction of sp³-hybridized carbons (Fsp3) is 0.286. The van der Waals surface area contributed by atoms with E-state index >= 15 is 0 Å². The molecule has 1 heterocycles. The van der Waals surface area contributed by atoms with Crippen LogP contribution >= 0.6 is 0 Å². The Balaban J connectivity index is 2.22. The maximum atomic E-state index is 12.3. The summed E-state index contributed by atoms with van der Waals surface area (Å²) in [6.07, 6.45) is 4.11. The molecule has 1 aromatic heterocycles. The molecule has 0 aliphatic carbocycles. The van der Waals surface area contributed by atoms with Gasteiger partial charge in [0.05, 0.1) is 5.39 Å². The van der Waals surface area contributed by atoms with Crippen LogP contribution in [0.25, 0.3) is 22.1 Å². The number of aromatic hydroxyl groups is 1. The van der Waals surface area contributed by atoms with Gasteiger partial charge < -0.3 is 9.52 Å². The molecule has 3 aromatic rings. The van der Waals surface area contributed by atoms with Crippen LogP contribution < -0.4 is 5.63 Å². The van der Waals surface area contributed by atoms with Crippen LogP contribution in [0.1, 0.15) is 37.8 Å². The second kappa shape index (κ2) is 6.91. The van der Waals surface area contributed by atoms with E-state index < -0.39 is 5.63 Å². The fourth-order valence-electron chi connectivity index (χ4n) is 3.22. The number of benzene rings is 2. The van der Waals surface area contributed by atoms with Crippen molar-refractivity contribution in [1.82, 2.24) is 0 Å². The van der Waals surface area contributed by atoms with Crippen molar-refractivity contribution in [1.29, 1.82) is 0 Å². The molecule has 0 unspecified atom stereocenters. The first-order valence-electron chi connectivity index (χ1n) is 8.52. The lowest BCUT2D eigenvalue weighted by Gasteiger charge is -2.14. The van der Waals surface area contributed by atoms with Gasteiger partial charge in [-0.05, 0) is 47.6 Å². The van der Waals surface area contributed by atoms with Gasteiger partial charge in [0.2, 0.25) is 0 Å². The summed E-state index contributed by atoms with van der Waals surface area (Å²) in [5.41, 5.74) is 3.17. The topological polar surface area (TPSA) is 50.4 Å². The molecular weight excluding hydrogens is 300 g/mol. The lowest BCUT2D eigenvalue weighted by atomic mass is 9.93. The number of rotatable bonds is 5. The van der Waals surface area contributed by atoms with Crippen molar-refractivity contribution in [3.05, 3.63) is 64.0 Å². The molecule has 0 bridgehead atoms. The van der Waals surface area contributed by atoms with Gasteiger partial charge in [0.25, 0.3) is 0 Å². The Labute approximate surface area is 141 Å². The third-order valence-electron chi connectivity index (χ3n) is 4.30. The molecule has 0 spiro atoms. The molecule has 3 rings (SSSR count). The first kappa shape index (κ1) is 16.3. The Kier molecular flexibility index (Phi) is 4.70. The van der Waals surface area contributed by atoms with Gasteiger partial charge >= 0.3 is 5.63 Å². The van der Waals surface area contributed by atoms with Crippen LogP contribution in [0.4, 0.5) is 0 Å². The largest absolute Gasteiger partial charge is 0.508 e. The molecule has 0 fully saturated rings. The Morgan fingerprint density at radius 3 is 2.54 bits per heavy atom. The summed E-state index contributed by atoms with van der Waals surface area (Å²) in [5, 5.41) is 10.8. The van der Waals surface area contributed by atoms with Crippen molar-refractivity contribution in [2.45, 2.75) is 39.5 Å². The van der Waals surface area contributed by atoms with Gasteiger partial charge in [0.15, 0.2) is 0 Å². The second-order valence-corrected chi connectivity index (χ2v) is 6.11. The van der Waals surface area contributed by atoms with Crippen LogP contribution in [-0.2, 0) is 12.8 Å². The molecular formula is C21H22O3. The average molecular weight is 322 g/mol. The molecule has 0 atom stereocenters. The minimum Gasteiger partial charge on any atom is -0.508 e. The quantitative estimate of drug-likeness (QED) is 0.713. The monoisotopic (exact) mass is 322 g/mol. The molecule has 0 aliphatic rings. The highest BCUT2D eigenvalue weighted by molar-refractivity contribution is 5.85. The average Bonchev–Trinajstić information content (AvgIpc) is 2.57. The molecule has 1 N–H and O–H groups in total. The van der Waals surface area contributed by atoms with Crippen LogP contribution in [0, 0.1) is 0 Å². The van der Waals surface area contributed by atoms with E-state index in [0.29, 0.717) is 11.1 Å². The SMILES string of the molecule is CCCc1cccc(-c2cc3ccc(O)cc3c(=O)o2)c1CCC.